The Kier molecular flexibility index (Phi) is 2.90. The van der Waals surface area contributed by atoms with Crippen molar-refractivity contribution in [3.63, 3.8) is 0 Å². The van der Waals surface area contributed by atoms with Crippen molar-refractivity contribution < 1.29 is 9.59 Å². The van der Waals surface area contributed by atoms with Crippen LogP contribution in [0.2, 0.25) is 0 Å². The molecule has 2 aliphatic heterocycles. The molecule has 5 heteroatoms. The summed E-state index contributed by atoms with van der Waals surface area (Å²) < 4.78 is 0. The minimum atomic E-state index is -0.287. The fourth-order valence-corrected chi connectivity index (χ4v) is 2.31. The van der Waals surface area contributed by atoms with E-state index >= 15 is 0 Å². The van der Waals surface area contributed by atoms with Gasteiger partial charge in [-0.1, -0.05) is 0 Å². The summed E-state index contributed by atoms with van der Waals surface area (Å²) >= 11 is 0. The maximum absolute atomic E-state index is 11.9. The van der Waals surface area contributed by atoms with Crippen LogP contribution in [0, 0.1) is 5.92 Å². The largest absolute Gasteiger partial charge is 0.369 e. The molecule has 3 N–H and O–H groups in total. The van der Waals surface area contributed by atoms with Crippen molar-refractivity contribution in [3.05, 3.63) is 0 Å². The van der Waals surface area contributed by atoms with Gasteiger partial charge < -0.3 is 16.0 Å². The lowest BCUT2D eigenvalue weighted by Crippen LogP contribution is -2.43. The van der Waals surface area contributed by atoms with Gasteiger partial charge in [-0.25, -0.2) is 0 Å². The Balaban J connectivity index is 1.89. The van der Waals surface area contributed by atoms with Crippen molar-refractivity contribution in [3.8, 4) is 0 Å². The summed E-state index contributed by atoms with van der Waals surface area (Å²) in [7, 11) is 0. The van der Waals surface area contributed by atoms with Crippen LogP contribution in [-0.4, -0.2) is 42.4 Å². The molecule has 0 saturated carbocycles. The molecule has 0 aromatic carbocycles. The molecule has 15 heavy (non-hydrogen) atoms. The van der Waals surface area contributed by atoms with E-state index in [0.717, 1.165) is 19.4 Å². The normalized spacial score (nSPS) is 30.8. The van der Waals surface area contributed by atoms with E-state index in [4.69, 9.17) is 5.73 Å². The fraction of sp³-hybridized carbons (Fsp3) is 0.800. The second-order valence-corrected chi connectivity index (χ2v) is 4.32. The molecule has 84 valence electrons. The zero-order valence-electron chi connectivity index (χ0n) is 8.74. The van der Waals surface area contributed by atoms with E-state index in [2.05, 4.69) is 5.32 Å². The minimum Gasteiger partial charge on any atom is -0.369 e. The predicted octanol–water partition coefficient (Wildman–Crippen LogP) is -0.928. The summed E-state index contributed by atoms with van der Waals surface area (Å²) in [6, 6.07) is -0.0309. The van der Waals surface area contributed by atoms with Gasteiger partial charge in [0.2, 0.25) is 11.8 Å². The van der Waals surface area contributed by atoms with Gasteiger partial charge in [-0.2, -0.15) is 0 Å². The summed E-state index contributed by atoms with van der Waals surface area (Å²) in [6.07, 6.45) is 2.69. The molecule has 1 unspecified atom stereocenters. The van der Waals surface area contributed by atoms with Crippen molar-refractivity contribution in [2.24, 2.45) is 11.7 Å². The van der Waals surface area contributed by atoms with Gasteiger partial charge in [0.05, 0.1) is 12.0 Å². The number of nitrogens with one attached hydrogen (secondary N) is 1. The number of carbonyl (C=O) groups is 2. The minimum absolute atomic E-state index is 0.0309. The van der Waals surface area contributed by atoms with Crippen molar-refractivity contribution in [2.75, 3.05) is 19.6 Å². The quantitative estimate of drug-likeness (QED) is 0.620. The maximum Gasteiger partial charge on any atom is 0.239 e. The highest BCUT2D eigenvalue weighted by Crippen LogP contribution is 2.18. The molecule has 2 heterocycles. The van der Waals surface area contributed by atoms with Crippen LogP contribution in [0.5, 0.6) is 0 Å². The van der Waals surface area contributed by atoms with Crippen LogP contribution in [0.1, 0.15) is 19.3 Å². The lowest BCUT2D eigenvalue weighted by atomic mass is 10.1. The van der Waals surface area contributed by atoms with E-state index in [1.54, 1.807) is 4.90 Å². The van der Waals surface area contributed by atoms with Crippen LogP contribution >= 0.6 is 0 Å². The second-order valence-electron chi connectivity index (χ2n) is 4.32. The van der Waals surface area contributed by atoms with Gasteiger partial charge in [0.1, 0.15) is 0 Å². The first-order chi connectivity index (χ1) is 7.18. The second kappa shape index (κ2) is 4.18. The predicted molar refractivity (Wildman–Crippen MR) is 54.9 cm³/mol. The van der Waals surface area contributed by atoms with Crippen LogP contribution in [-0.2, 0) is 9.59 Å². The topological polar surface area (TPSA) is 75.4 Å². The molecule has 2 atom stereocenters. The fourth-order valence-electron chi connectivity index (χ4n) is 2.31. The zero-order chi connectivity index (χ0) is 10.8. The lowest BCUT2D eigenvalue weighted by molar-refractivity contribution is -0.132. The number of amides is 2. The third-order valence-corrected chi connectivity index (χ3v) is 3.26. The van der Waals surface area contributed by atoms with Crippen molar-refractivity contribution >= 4 is 11.8 Å². The van der Waals surface area contributed by atoms with Gasteiger partial charge in [-0.05, 0) is 25.8 Å². The van der Waals surface area contributed by atoms with E-state index in [9.17, 15) is 9.59 Å². The number of primary amides is 1. The molecule has 2 amide bonds. The molecule has 0 spiro atoms. The summed E-state index contributed by atoms with van der Waals surface area (Å²) in [4.78, 5) is 24.6. The Labute approximate surface area is 89.0 Å². The van der Waals surface area contributed by atoms with E-state index < -0.39 is 0 Å². The van der Waals surface area contributed by atoms with E-state index in [0.29, 0.717) is 19.5 Å². The van der Waals surface area contributed by atoms with Crippen molar-refractivity contribution in [1.82, 2.24) is 10.2 Å². The number of nitrogens with two attached hydrogens (primary N) is 1. The lowest BCUT2D eigenvalue weighted by Gasteiger charge is -2.20. The summed E-state index contributed by atoms with van der Waals surface area (Å²) in [5, 5.41) is 3.17. The molecule has 0 bridgehead atoms. The maximum atomic E-state index is 11.9. The molecule has 0 aromatic heterocycles. The number of likely N-dealkylation sites (tertiary alicyclic amines) is 1. The standard InChI is InChI=1S/C10H17N3O2/c11-9(14)7-3-5-13(6-7)10(15)8-2-1-4-12-8/h7-8,12H,1-6H2,(H2,11,14)/t7?,8-/m1/s1. The molecule has 0 aliphatic carbocycles. The van der Waals surface area contributed by atoms with Gasteiger partial charge in [0.25, 0.3) is 0 Å². The van der Waals surface area contributed by atoms with Crippen LogP contribution in [0.4, 0.5) is 0 Å². The van der Waals surface area contributed by atoms with Gasteiger partial charge in [0, 0.05) is 13.1 Å². The highest BCUT2D eigenvalue weighted by atomic mass is 16.2. The molecular formula is C10H17N3O2. The number of rotatable bonds is 2. The summed E-state index contributed by atoms with van der Waals surface area (Å²) in [5.41, 5.74) is 5.22. The smallest absolute Gasteiger partial charge is 0.239 e. The monoisotopic (exact) mass is 211 g/mol. The Hall–Kier alpha value is -1.10. The molecule has 2 aliphatic rings. The number of hydrogen-bond donors (Lipinski definition) is 2. The Bertz CT molecular complexity index is 274. The van der Waals surface area contributed by atoms with Gasteiger partial charge in [-0.15, -0.1) is 0 Å². The average molecular weight is 211 g/mol. The number of carbonyl (C=O) groups excluding carboxylic acids is 2. The number of nitrogens with zero attached hydrogens (tertiary/aromatic N) is 1. The Morgan fingerprint density at radius 3 is 2.67 bits per heavy atom. The third-order valence-electron chi connectivity index (χ3n) is 3.26. The van der Waals surface area contributed by atoms with Crippen LogP contribution in [0.25, 0.3) is 0 Å². The van der Waals surface area contributed by atoms with Gasteiger partial charge in [-0.3, -0.25) is 9.59 Å². The highest BCUT2D eigenvalue weighted by molar-refractivity contribution is 5.84. The van der Waals surface area contributed by atoms with Crippen molar-refractivity contribution in [2.45, 2.75) is 25.3 Å². The molecule has 0 radical (unpaired) electrons. The summed E-state index contributed by atoms with van der Waals surface area (Å²) in [5.74, 6) is -0.295. The molecular weight excluding hydrogens is 194 g/mol. The molecule has 0 aromatic rings. The van der Waals surface area contributed by atoms with E-state index in [-0.39, 0.29) is 23.8 Å². The molecule has 2 saturated heterocycles. The van der Waals surface area contributed by atoms with E-state index in [1.807, 2.05) is 0 Å². The van der Waals surface area contributed by atoms with Crippen LogP contribution in [0.15, 0.2) is 0 Å². The van der Waals surface area contributed by atoms with Crippen molar-refractivity contribution in [1.29, 1.82) is 0 Å². The zero-order valence-corrected chi connectivity index (χ0v) is 8.74. The number of hydrogen-bond acceptors (Lipinski definition) is 3. The summed E-state index contributed by atoms with van der Waals surface area (Å²) in [6.45, 7) is 2.10. The highest BCUT2D eigenvalue weighted by Gasteiger charge is 2.33. The van der Waals surface area contributed by atoms with Gasteiger partial charge >= 0.3 is 0 Å². The molecule has 2 rings (SSSR count). The first kappa shape index (κ1) is 10.4. The average Bonchev–Trinajstić information content (AvgIpc) is 2.88. The van der Waals surface area contributed by atoms with Crippen LogP contribution < -0.4 is 11.1 Å². The molecule has 5 nitrogen and oxygen atoms in total. The van der Waals surface area contributed by atoms with Gasteiger partial charge in [0.15, 0.2) is 0 Å². The first-order valence-electron chi connectivity index (χ1n) is 5.50. The van der Waals surface area contributed by atoms with E-state index in [1.165, 1.54) is 0 Å². The third kappa shape index (κ3) is 2.12. The molecule has 2 fully saturated rings. The first-order valence-corrected chi connectivity index (χ1v) is 5.50. The Morgan fingerprint density at radius 2 is 2.13 bits per heavy atom. The van der Waals surface area contributed by atoms with Crippen LogP contribution in [0.3, 0.4) is 0 Å². The Morgan fingerprint density at radius 1 is 1.33 bits per heavy atom. The SMILES string of the molecule is NC(=O)C1CCN(C(=O)[C@H]2CCCN2)C1.